The maximum absolute atomic E-state index is 12.5. The topological polar surface area (TPSA) is 71.3 Å². The highest BCUT2D eigenvalue weighted by molar-refractivity contribution is 6.07. The number of para-hydroxylation sites is 1. The summed E-state index contributed by atoms with van der Waals surface area (Å²) >= 11 is 0. The van der Waals surface area contributed by atoms with E-state index in [1.807, 2.05) is 49.4 Å². The summed E-state index contributed by atoms with van der Waals surface area (Å²) in [6, 6.07) is 23.5. The molecule has 0 unspecified atom stereocenters. The third-order valence-electron chi connectivity index (χ3n) is 4.42. The molecule has 138 valence electrons. The number of carbonyl (C=O) groups is 2. The summed E-state index contributed by atoms with van der Waals surface area (Å²) in [4.78, 5) is 25.0. The normalized spacial score (nSPS) is 10.6. The van der Waals surface area contributed by atoms with E-state index in [9.17, 15) is 9.59 Å². The molecule has 28 heavy (non-hydrogen) atoms. The van der Waals surface area contributed by atoms with Gasteiger partial charge in [-0.05, 0) is 48.9 Å². The van der Waals surface area contributed by atoms with E-state index in [2.05, 4.69) is 10.6 Å². The molecule has 0 radical (unpaired) electrons. The highest BCUT2D eigenvalue weighted by Gasteiger charge is 2.13. The number of carbonyl (C=O) groups excluding carboxylic acids is 2. The van der Waals surface area contributed by atoms with E-state index in [-0.39, 0.29) is 17.6 Å². The van der Waals surface area contributed by atoms with Crippen molar-refractivity contribution in [1.29, 1.82) is 0 Å². The molecule has 0 saturated heterocycles. The van der Waals surface area contributed by atoms with Crippen LogP contribution in [0.5, 0.6) is 0 Å². The van der Waals surface area contributed by atoms with Crippen molar-refractivity contribution in [3.05, 3.63) is 95.7 Å². The van der Waals surface area contributed by atoms with Crippen LogP contribution in [0.1, 0.15) is 26.5 Å². The second kappa shape index (κ2) is 7.40. The molecule has 0 atom stereocenters. The molecule has 4 rings (SSSR count). The number of aryl methyl sites for hydroxylation is 1. The molecule has 2 amide bonds. The molecule has 4 aromatic rings. The zero-order valence-corrected chi connectivity index (χ0v) is 15.2. The number of furan rings is 1. The number of anilines is 2. The smallest absolute Gasteiger partial charge is 0.291 e. The van der Waals surface area contributed by atoms with E-state index in [1.54, 1.807) is 36.4 Å². The van der Waals surface area contributed by atoms with Gasteiger partial charge < -0.3 is 15.1 Å². The highest BCUT2D eigenvalue weighted by Crippen LogP contribution is 2.21. The van der Waals surface area contributed by atoms with Crippen molar-refractivity contribution in [2.45, 2.75) is 6.92 Å². The molecule has 3 aromatic carbocycles. The first-order valence-corrected chi connectivity index (χ1v) is 8.87. The quantitative estimate of drug-likeness (QED) is 0.516. The Morgan fingerprint density at radius 3 is 2.18 bits per heavy atom. The molecule has 5 nitrogen and oxygen atoms in total. The molecule has 0 aliphatic carbocycles. The van der Waals surface area contributed by atoms with Crippen molar-refractivity contribution < 1.29 is 14.0 Å². The van der Waals surface area contributed by atoms with Crippen molar-refractivity contribution in [1.82, 2.24) is 0 Å². The zero-order chi connectivity index (χ0) is 19.5. The molecule has 1 aromatic heterocycles. The maximum atomic E-state index is 12.5. The van der Waals surface area contributed by atoms with Crippen molar-refractivity contribution in [3.8, 4) is 0 Å². The first kappa shape index (κ1) is 17.5. The summed E-state index contributed by atoms with van der Waals surface area (Å²) < 4.78 is 5.59. The summed E-state index contributed by atoms with van der Waals surface area (Å²) in [5.41, 5.74) is 3.32. The third-order valence-corrected chi connectivity index (χ3v) is 4.42. The average Bonchev–Trinajstić information content (AvgIpc) is 3.13. The lowest BCUT2D eigenvalue weighted by molar-refractivity contribution is 0.0997. The van der Waals surface area contributed by atoms with E-state index >= 15 is 0 Å². The average molecular weight is 370 g/mol. The second-order valence-electron chi connectivity index (χ2n) is 6.45. The lowest BCUT2D eigenvalue weighted by atomic mass is 10.1. The number of hydrogen-bond acceptors (Lipinski definition) is 3. The summed E-state index contributed by atoms with van der Waals surface area (Å²) in [7, 11) is 0. The Bertz CT molecular complexity index is 1140. The molecule has 0 aliphatic rings. The minimum Gasteiger partial charge on any atom is -0.451 e. The van der Waals surface area contributed by atoms with Gasteiger partial charge in [0.15, 0.2) is 5.76 Å². The van der Waals surface area contributed by atoms with Gasteiger partial charge in [0.25, 0.3) is 11.8 Å². The Kier molecular flexibility index (Phi) is 4.64. The first-order valence-electron chi connectivity index (χ1n) is 8.87. The predicted octanol–water partition coefficient (Wildman–Crippen LogP) is 5.25. The SMILES string of the molecule is Cc1ccccc1C(=O)Nc1cccc(NC(=O)c2cc3ccccc3o2)c1. The molecule has 1 heterocycles. The first-order chi connectivity index (χ1) is 13.6. The summed E-state index contributed by atoms with van der Waals surface area (Å²) in [6.45, 7) is 1.89. The van der Waals surface area contributed by atoms with Crippen LogP contribution < -0.4 is 10.6 Å². The minimum atomic E-state index is -0.349. The second-order valence-corrected chi connectivity index (χ2v) is 6.45. The van der Waals surface area contributed by atoms with Crippen LogP contribution in [0.2, 0.25) is 0 Å². The summed E-state index contributed by atoms with van der Waals surface area (Å²) in [5.74, 6) is -0.312. The van der Waals surface area contributed by atoms with Crippen LogP contribution in [0, 0.1) is 6.92 Å². The molecule has 0 bridgehead atoms. The maximum Gasteiger partial charge on any atom is 0.291 e. The Balaban J connectivity index is 1.50. The molecule has 0 saturated carbocycles. The van der Waals surface area contributed by atoms with Crippen molar-refractivity contribution >= 4 is 34.2 Å². The molecule has 0 spiro atoms. The minimum absolute atomic E-state index is 0.195. The van der Waals surface area contributed by atoms with Crippen molar-refractivity contribution in [2.75, 3.05) is 10.6 Å². The van der Waals surface area contributed by atoms with Crippen LogP contribution in [0.3, 0.4) is 0 Å². The Labute approximate surface area is 162 Å². The van der Waals surface area contributed by atoms with Gasteiger partial charge in [-0.15, -0.1) is 0 Å². The van der Waals surface area contributed by atoms with Gasteiger partial charge in [0, 0.05) is 22.3 Å². The highest BCUT2D eigenvalue weighted by atomic mass is 16.3. The van der Waals surface area contributed by atoms with Crippen LogP contribution in [0.4, 0.5) is 11.4 Å². The van der Waals surface area contributed by atoms with E-state index in [1.165, 1.54) is 0 Å². The van der Waals surface area contributed by atoms with Crippen LogP contribution in [0.25, 0.3) is 11.0 Å². The fourth-order valence-corrected chi connectivity index (χ4v) is 2.99. The van der Waals surface area contributed by atoms with E-state index in [4.69, 9.17) is 4.42 Å². The zero-order valence-electron chi connectivity index (χ0n) is 15.2. The fourth-order valence-electron chi connectivity index (χ4n) is 2.99. The van der Waals surface area contributed by atoms with Crippen molar-refractivity contribution in [2.24, 2.45) is 0 Å². The van der Waals surface area contributed by atoms with E-state index in [0.29, 0.717) is 22.5 Å². The number of rotatable bonds is 4. The number of fused-ring (bicyclic) bond motifs is 1. The van der Waals surface area contributed by atoms with Gasteiger partial charge in [0.1, 0.15) is 5.58 Å². The standard InChI is InChI=1S/C23H18N2O3/c1-15-7-2-4-11-19(15)22(26)24-17-9-6-10-18(14-17)25-23(27)21-13-16-8-3-5-12-20(16)28-21/h2-14H,1H3,(H,24,26)(H,25,27). The van der Waals surface area contributed by atoms with Gasteiger partial charge in [-0.25, -0.2) is 0 Å². The van der Waals surface area contributed by atoms with Crippen molar-refractivity contribution in [3.63, 3.8) is 0 Å². The van der Waals surface area contributed by atoms with Crippen LogP contribution in [0.15, 0.2) is 83.3 Å². The summed E-state index contributed by atoms with van der Waals surface area (Å²) in [5, 5.41) is 6.53. The van der Waals surface area contributed by atoms with Crippen LogP contribution in [-0.4, -0.2) is 11.8 Å². The van der Waals surface area contributed by atoms with E-state index in [0.717, 1.165) is 10.9 Å². The Morgan fingerprint density at radius 2 is 1.43 bits per heavy atom. The van der Waals surface area contributed by atoms with Crippen LogP contribution in [-0.2, 0) is 0 Å². The Morgan fingerprint density at radius 1 is 0.750 bits per heavy atom. The molecule has 2 N–H and O–H groups in total. The molecular weight excluding hydrogens is 352 g/mol. The lowest BCUT2D eigenvalue weighted by Crippen LogP contribution is -2.14. The van der Waals surface area contributed by atoms with Gasteiger partial charge in [0.2, 0.25) is 0 Å². The van der Waals surface area contributed by atoms with Gasteiger partial charge in [-0.3, -0.25) is 9.59 Å². The van der Waals surface area contributed by atoms with Gasteiger partial charge in [0.05, 0.1) is 0 Å². The fraction of sp³-hybridized carbons (Fsp3) is 0.0435. The molecule has 0 fully saturated rings. The molecule has 0 aliphatic heterocycles. The van der Waals surface area contributed by atoms with E-state index < -0.39 is 0 Å². The number of amides is 2. The number of nitrogens with one attached hydrogen (secondary N) is 2. The Hall–Kier alpha value is -3.86. The lowest BCUT2D eigenvalue weighted by Gasteiger charge is -2.09. The van der Waals surface area contributed by atoms with Crippen LogP contribution >= 0.6 is 0 Å². The molecule has 5 heteroatoms. The number of benzene rings is 3. The largest absolute Gasteiger partial charge is 0.451 e. The van der Waals surface area contributed by atoms with Gasteiger partial charge in [-0.1, -0.05) is 42.5 Å². The monoisotopic (exact) mass is 370 g/mol. The molecular formula is C23H18N2O3. The van der Waals surface area contributed by atoms with Gasteiger partial charge >= 0.3 is 0 Å². The van der Waals surface area contributed by atoms with Gasteiger partial charge in [-0.2, -0.15) is 0 Å². The predicted molar refractivity (Wildman–Crippen MR) is 110 cm³/mol. The third kappa shape index (κ3) is 3.64. The summed E-state index contributed by atoms with van der Waals surface area (Å²) in [6.07, 6.45) is 0. The number of hydrogen-bond donors (Lipinski definition) is 2.